The zero-order valence-electron chi connectivity index (χ0n) is 31.5. The van der Waals surface area contributed by atoms with Crippen molar-refractivity contribution >= 4 is 113 Å². The number of nitrogen functional groups attached to an aromatic ring is 1. The number of hydrogen-bond donors (Lipinski definition) is 4. The van der Waals surface area contributed by atoms with Crippen molar-refractivity contribution in [2.75, 3.05) is 28.7 Å². The van der Waals surface area contributed by atoms with Crippen molar-refractivity contribution < 1.29 is 188 Å². The molecular formula is C27H19ClN8Na4O16S5. The van der Waals surface area contributed by atoms with Crippen LogP contribution in [0.25, 0.3) is 10.8 Å². The molecule has 5 aromatic rings. The molecule has 1 aromatic heterocycles. The van der Waals surface area contributed by atoms with E-state index in [0.717, 1.165) is 30.3 Å². The monoisotopic (exact) mass is 998 g/mol. The van der Waals surface area contributed by atoms with Crippen molar-refractivity contribution in [3.05, 3.63) is 65.9 Å². The van der Waals surface area contributed by atoms with Gasteiger partial charge in [0.15, 0.2) is 9.84 Å². The first-order valence-electron chi connectivity index (χ1n) is 14.6. The number of rotatable bonds is 14. The number of benzene rings is 4. The van der Waals surface area contributed by atoms with Gasteiger partial charge in [0.1, 0.15) is 41.7 Å². The zero-order valence-corrected chi connectivity index (χ0v) is 44.3. The molecule has 34 heteroatoms. The number of nitrogens with one attached hydrogen (secondary N) is 2. The van der Waals surface area contributed by atoms with Gasteiger partial charge in [-0.2, -0.15) is 23.4 Å². The minimum atomic E-state index is -5.55. The van der Waals surface area contributed by atoms with Gasteiger partial charge in [0.25, 0.3) is 0 Å². The van der Waals surface area contributed by atoms with Crippen LogP contribution in [0.3, 0.4) is 0 Å². The predicted molar refractivity (Wildman–Crippen MR) is 190 cm³/mol. The molecule has 0 aliphatic rings. The average Bonchev–Trinajstić information content (AvgIpc) is 3.05. The number of hydrogen-bond acceptors (Lipinski definition) is 23. The standard InChI is InChI=1S/C27H23ClN8O16S5.4Na/c28-25-32-26(30-14-1-4-16(5-2-14)53(38,39)8-7-52-57(49,50)51)34-27(33-25)31-15-3-6-20(55(43,44)45)18(11-15)35-36-24-21(56(46,47)48)10-13-9-17(54(40,41)42)12-19(37)22(13)23(24)29;;;;/h1-6,9-12,37H,7-8,29H2,(H,40,41,42)(H,43,44,45)(H,46,47,48)(H,49,50,51)(H2,30,31,32,33,34);;;;/q;4*+1/p-4. The number of anilines is 5. The summed E-state index contributed by atoms with van der Waals surface area (Å²) in [4.78, 5) is 8.24. The van der Waals surface area contributed by atoms with Crippen molar-refractivity contribution in [1.82, 2.24) is 15.0 Å². The van der Waals surface area contributed by atoms with Crippen LogP contribution in [0.15, 0.2) is 90.5 Å². The molecular weight excluding hydrogens is 980 g/mol. The average molecular weight is 999 g/mol. The normalized spacial score (nSPS) is 12.1. The first kappa shape index (κ1) is 57.8. The number of sulfone groups is 1. The summed E-state index contributed by atoms with van der Waals surface area (Å²) in [5, 5.41) is 23.7. The van der Waals surface area contributed by atoms with E-state index in [2.05, 4.69) is 40.0 Å². The summed E-state index contributed by atoms with van der Waals surface area (Å²) >= 11 is 6.03. The summed E-state index contributed by atoms with van der Waals surface area (Å²) in [5.74, 6) is -2.54. The van der Waals surface area contributed by atoms with Gasteiger partial charge in [-0.3, -0.25) is 4.55 Å². The zero-order chi connectivity index (χ0) is 42.3. The molecule has 0 spiro atoms. The fourth-order valence-corrected chi connectivity index (χ4v) is 8.15. The number of azo groups is 1. The molecule has 5 N–H and O–H groups in total. The van der Waals surface area contributed by atoms with Gasteiger partial charge in [-0.15, -0.1) is 10.2 Å². The summed E-state index contributed by atoms with van der Waals surface area (Å²) in [7, 11) is -25.0. The second kappa shape index (κ2) is 22.3. The molecule has 0 fully saturated rings. The second-order valence-electron chi connectivity index (χ2n) is 11.0. The van der Waals surface area contributed by atoms with Crippen LogP contribution in [0.1, 0.15) is 0 Å². The molecule has 4 aromatic carbocycles. The summed E-state index contributed by atoms with van der Waals surface area (Å²) in [6.45, 7) is -0.849. The maximum atomic E-state index is 12.7. The molecule has 304 valence electrons. The van der Waals surface area contributed by atoms with E-state index in [9.17, 15) is 60.9 Å². The third-order valence-corrected chi connectivity index (χ3v) is 12.0. The number of nitrogens with two attached hydrogens (primary N) is 1. The Labute approximate surface area is 440 Å². The summed E-state index contributed by atoms with van der Waals surface area (Å²) in [5.41, 5.74) is 3.43. The van der Waals surface area contributed by atoms with Crippen LogP contribution in [0.4, 0.5) is 40.3 Å². The van der Waals surface area contributed by atoms with E-state index in [4.69, 9.17) is 21.9 Å². The molecule has 0 bridgehead atoms. The Kier molecular flexibility index (Phi) is 21.2. The molecule has 1 heterocycles. The smallest absolute Gasteiger partial charge is 0.872 e. The van der Waals surface area contributed by atoms with E-state index in [0.29, 0.717) is 18.2 Å². The van der Waals surface area contributed by atoms with Crippen LogP contribution in [0.2, 0.25) is 5.28 Å². The number of aromatic nitrogens is 3. The van der Waals surface area contributed by atoms with Gasteiger partial charge in [0.2, 0.25) is 17.2 Å². The van der Waals surface area contributed by atoms with Gasteiger partial charge in [0, 0.05) is 11.4 Å². The molecule has 61 heavy (non-hydrogen) atoms. The molecule has 0 saturated carbocycles. The van der Waals surface area contributed by atoms with E-state index in [1.807, 2.05) is 0 Å². The van der Waals surface area contributed by atoms with E-state index in [1.165, 1.54) is 12.1 Å². The van der Waals surface area contributed by atoms with Crippen LogP contribution in [-0.2, 0) is 54.8 Å². The van der Waals surface area contributed by atoms with Crippen molar-refractivity contribution in [1.29, 1.82) is 0 Å². The topological polar surface area (TPSA) is 406 Å². The van der Waals surface area contributed by atoms with E-state index in [-0.39, 0.29) is 146 Å². The number of nitrogens with zero attached hydrogens (tertiary/aromatic N) is 5. The van der Waals surface area contributed by atoms with Gasteiger partial charge in [0.05, 0.1) is 37.6 Å². The quantitative estimate of drug-likeness (QED) is 0.0347. The fraction of sp³-hybridized carbons (Fsp3) is 0.0741. The molecule has 0 saturated heterocycles. The molecule has 0 radical (unpaired) electrons. The van der Waals surface area contributed by atoms with Crippen LogP contribution in [0, 0.1) is 0 Å². The molecule has 0 unspecified atom stereocenters. The Bertz CT molecular complexity index is 3070. The van der Waals surface area contributed by atoms with Gasteiger partial charge in [-0.25, -0.2) is 37.9 Å². The van der Waals surface area contributed by atoms with Crippen LogP contribution < -0.4 is 140 Å². The first-order chi connectivity index (χ1) is 26.2. The van der Waals surface area contributed by atoms with Gasteiger partial charge in [-0.05, 0) is 77.0 Å². The minimum absolute atomic E-state index is 0. The first-order valence-corrected chi connectivity index (χ1v) is 22.2. The Morgan fingerprint density at radius 2 is 1.23 bits per heavy atom. The van der Waals surface area contributed by atoms with Crippen molar-refractivity contribution in [3.8, 4) is 5.75 Å². The Morgan fingerprint density at radius 1 is 0.689 bits per heavy atom. The summed E-state index contributed by atoms with van der Waals surface area (Å²) in [6.07, 6.45) is 0. The Hall–Kier alpha value is -1.21. The SMILES string of the molecule is Nc1c(N=Nc2cc(Nc3nc(Cl)nc(Nc4ccc(S(=O)(=O)CCOS(=O)(=O)O)cc4)n3)ccc2S(=O)(=O)[O-])c(S(=O)(=O)[O-])cc2cc(S(=O)(=O)[O-])cc([O-])c12.[Na+].[Na+].[Na+].[Na+]. The van der Waals surface area contributed by atoms with Crippen molar-refractivity contribution in [2.45, 2.75) is 19.6 Å². The van der Waals surface area contributed by atoms with E-state index >= 15 is 0 Å². The van der Waals surface area contributed by atoms with Gasteiger partial charge < -0.3 is 35.1 Å². The van der Waals surface area contributed by atoms with E-state index in [1.54, 1.807) is 0 Å². The van der Waals surface area contributed by atoms with Crippen molar-refractivity contribution in [2.24, 2.45) is 10.2 Å². The molecule has 0 atom stereocenters. The maximum absolute atomic E-state index is 12.7. The fourth-order valence-electron chi connectivity index (χ4n) is 4.73. The van der Waals surface area contributed by atoms with Gasteiger partial charge >= 0.3 is 129 Å². The predicted octanol–water partition coefficient (Wildman–Crippen LogP) is -10.4. The maximum Gasteiger partial charge on any atom is 1.00 e. The molecule has 0 amide bonds. The third kappa shape index (κ3) is 15.4. The number of fused-ring (bicyclic) bond motifs is 1. The third-order valence-electron chi connectivity index (χ3n) is 7.11. The number of halogens is 1. The van der Waals surface area contributed by atoms with Crippen LogP contribution in [-0.4, -0.2) is 87.6 Å². The van der Waals surface area contributed by atoms with Crippen LogP contribution in [0.5, 0.6) is 5.75 Å². The summed E-state index contributed by atoms with van der Waals surface area (Å²) in [6, 6.07) is 9.00. The minimum Gasteiger partial charge on any atom is -0.872 e. The summed E-state index contributed by atoms with van der Waals surface area (Å²) < 4.78 is 166. The molecule has 5 rings (SSSR count). The molecule has 0 aliphatic heterocycles. The van der Waals surface area contributed by atoms with Crippen LogP contribution >= 0.6 is 11.6 Å². The second-order valence-corrected chi connectivity index (χ2v) is 18.6. The molecule has 0 aliphatic carbocycles. The van der Waals surface area contributed by atoms with Crippen molar-refractivity contribution in [3.63, 3.8) is 0 Å². The van der Waals surface area contributed by atoms with E-state index < -0.39 is 117 Å². The Morgan fingerprint density at radius 3 is 1.75 bits per heavy atom. The Balaban J connectivity index is 0.00000465. The molecule has 24 nitrogen and oxygen atoms in total. The van der Waals surface area contributed by atoms with Gasteiger partial charge in [-0.1, -0.05) is 11.8 Å². The largest absolute Gasteiger partial charge is 1.00 e.